The minimum atomic E-state index is 0.765. The number of nitrogens with one attached hydrogen (secondary N) is 1. The van der Waals surface area contributed by atoms with Gasteiger partial charge in [0.15, 0.2) is 0 Å². The summed E-state index contributed by atoms with van der Waals surface area (Å²) in [6.07, 6.45) is 1.78. The summed E-state index contributed by atoms with van der Waals surface area (Å²) in [6, 6.07) is 16.4. The van der Waals surface area contributed by atoms with Crippen LogP contribution in [0.4, 0.5) is 5.82 Å². The molecule has 116 valence electrons. The zero-order chi connectivity index (χ0) is 15.8. The molecule has 3 nitrogen and oxygen atoms in total. The van der Waals surface area contributed by atoms with Gasteiger partial charge in [-0.1, -0.05) is 29.8 Å². The van der Waals surface area contributed by atoms with Crippen molar-refractivity contribution in [1.82, 2.24) is 9.78 Å². The van der Waals surface area contributed by atoms with E-state index in [1.54, 1.807) is 0 Å². The first-order valence-electron chi connectivity index (χ1n) is 7.56. The molecule has 2 aromatic carbocycles. The zero-order valence-electron chi connectivity index (χ0n) is 12.4. The average Bonchev–Trinajstić information content (AvgIpc) is 3.14. The number of benzene rings is 2. The lowest BCUT2D eigenvalue weighted by Gasteiger charge is -2.06. The summed E-state index contributed by atoms with van der Waals surface area (Å²) in [5.74, 6) is 1.12. The molecule has 1 aliphatic rings. The van der Waals surface area contributed by atoms with Crippen LogP contribution < -0.4 is 5.32 Å². The van der Waals surface area contributed by atoms with Crippen LogP contribution in [0.15, 0.2) is 48.5 Å². The lowest BCUT2D eigenvalue weighted by Crippen LogP contribution is -2.05. The van der Waals surface area contributed by atoms with Crippen LogP contribution in [0.5, 0.6) is 0 Å². The minimum absolute atomic E-state index is 0.765. The highest BCUT2D eigenvalue weighted by molar-refractivity contribution is 14.1. The molecule has 1 aliphatic heterocycles. The van der Waals surface area contributed by atoms with Crippen LogP contribution in [0.25, 0.3) is 5.69 Å². The number of aromatic nitrogens is 2. The monoisotopic (exact) mass is 435 g/mol. The normalized spacial score (nSPS) is 13.0. The number of anilines is 1. The van der Waals surface area contributed by atoms with E-state index in [-0.39, 0.29) is 0 Å². The molecule has 1 aromatic heterocycles. The Morgan fingerprint density at radius 3 is 2.70 bits per heavy atom. The van der Waals surface area contributed by atoms with E-state index in [0.29, 0.717) is 0 Å². The van der Waals surface area contributed by atoms with Gasteiger partial charge in [0, 0.05) is 27.1 Å². The van der Waals surface area contributed by atoms with Gasteiger partial charge in [-0.25, -0.2) is 4.68 Å². The van der Waals surface area contributed by atoms with Crippen molar-refractivity contribution in [3.8, 4) is 5.69 Å². The Labute approximate surface area is 153 Å². The van der Waals surface area contributed by atoms with Crippen LogP contribution in [0.3, 0.4) is 0 Å². The van der Waals surface area contributed by atoms with E-state index < -0.39 is 0 Å². The second-order valence-corrected chi connectivity index (χ2v) is 7.26. The van der Waals surface area contributed by atoms with Gasteiger partial charge in [-0.2, -0.15) is 5.10 Å². The minimum Gasteiger partial charge on any atom is -0.369 e. The molecule has 0 aliphatic carbocycles. The molecule has 0 saturated carbocycles. The van der Waals surface area contributed by atoms with Crippen LogP contribution in [-0.4, -0.2) is 16.3 Å². The van der Waals surface area contributed by atoms with E-state index in [1.807, 2.05) is 22.9 Å². The molecule has 0 unspecified atom stereocenters. The first kappa shape index (κ1) is 15.0. The van der Waals surface area contributed by atoms with Crippen molar-refractivity contribution in [2.75, 3.05) is 11.9 Å². The standard InChI is InChI=1S/C18H15ClIN3/c19-16-4-2-1-3-12(16)11-17-15-9-10-21-18(15)23(22-17)14-7-5-13(20)6-8-14/h1-8,21H,9-11H2. The number of rotatable bonds is 3. The predicted molar refractivity (Wildman–Crippen MR) is 103 cm³/mol. The van der Waals surface area contributed by atoms with Crippen LogP contribution in [0, 0.1) is 3.57 Å². The summed E-state index contributed by atoms with van der Waals surface area (Å²) in [5.41, 5.74) is 4.62. The average molecular weight is 436 g/mol. The molecule has 3 aromatic rings. The maximum absolute atomic E-state index is 6.32. The summed E-state index contributed by atoms with van der Waals surface area (Å²) >= 11 is 8.63. The van der Waals surface area contributed by atoms with Crippen molar-refractivity contribution in [2.45, 2.75) is 12.8 Å². The third-order valence-corrected chi connectivity index (χ3v) is 5.21. The molecule has 0 amide bonds. The van der Waals surface area contributed by atoms with Gasteiger partial charge in [0.05, 0.1) is 11.4 Å². The number of hydrogen-bond acceptors (Lipinski definition) is 2. The molecular weight excluding hydrogens is 421 g/mol. The molecule has 0 fully saturated rings. The molecule has 2 heterocycles. The fraction of sp³-hybridized carbons (Fsp3) is 0.167. The fourth-order valence-electron chi connectivity index (χ4n) is 2.98. The molecular formula is C18H15ClIN3. The number of nitrogens with zero attached hydrogens (tertiary/aromatic N) is 2. The van der Waals surface area contributed by atoms with Crippen molar-refractivity contribution in [2.24, 2.45) is 0 Å². The van der Waals surface area contributed by atoms with Crippen molar-refractivity contribution < 1.29 is 0 Å². The van der Waals surface area contributed by atoms with E-state index in [4.69, 9.17) is 16.7 Å². The largest absolute Gasteiger partial charge is 0.369 e. The van der Waals surface area contributed by atoms with E-state index >= 15 is 0 Å². The van der Waals surface area contributed by atoms with Gasteiger partial charge in [-0.15, -0.1) is 0 Å². The highest BCUT2D eigenvalue weighted by atomic mass is 127. The third-order valence-electron chi connectivity index (χ3n) is 4.12. The van der Waals surface area contributed by atoms with Crippen molar-refractivity contribution in [3.05, 3.63) is 73.9 Å². The SMILES string of the molecule is Clc1ccccc1Cc1nn(-c2ccc(I)cc2)c2c1CCN2. The summed E-state index contributed by atoms with van der Waals surface area (Å²) in [4.78, 5) is 0. The van der Waals surface area contributed by atoms with Gasteiger partial charge in [0.25, 0.3) is 0 Å². The van der Waals surface area contributed by atoms with E-state index in [1.165, 1.54) is 9.13 Å². The van der Waals surface area contributed by atoms with Gasteiger partial charge in [-0.3, -0.25) is 0 Å². The summed E-state index contributed by atoms with van der Waals surface area (Å²) in [7, 11) is 0. The van der Waals surface area contributed by atoms with Gasteiger partial charge in [0.1, 0.15) is 5.82 Å². The fourth-order valence-corrected chi connectivity index (χ4v) is 3.54. The van der Waals surface area contributed by atoms with Crippen molar-refractivity contribution in [3.63, 3.8) is 0 Å². The van der Waals surface area contributed by atoms with E-state index in [0.717, 1.165) is 47.2 Å². The third kappa shape index (κ3) is 2.85. The maximum atomic E-state index is 6.32. The molecule has 0 saturated heterocycles. The lowest BCUT2D eigenvalue weighted by molar-refractivity contribution is 0.839. The highest BCUT2D eigenvalue weighted by Gasteiger charge is 2.23. The molecule has 0 radical (unpaired) electrons. The van der Waals surface area contributed by atoms with Gasteiger partial charge in [-0.05, 0) is 64.9 Å². The quantitative estimate of drug-likeness (QED) is 0.605. The Morgan fingerprint density at radius 1 is 1.13 bits per heavy atom. The van der Waals surface area contributed by atoms with Crippen molar-refractivity contribution in [1.29, 1.82) is 0 Å². The lowest BCUT2D eigenvalue weighted by atomic mass is 10.1. The highest BCUT2D eigenvalue weighted by Crippen LogP contribution is 2.31. The topological polar surface area (TPSA) is 29.9 Å². The number of halogens is 2. The smallest absolute Gasteiger partial charge is 0.133 e. The molecule has 23 heavy (non-hydrogen) atoms. The Hall–Kier alpha value is -1.53. The Balaban J connectivity index is 1.76. The van der Waals surface area contributed by atoms with E-state index in [9.17, 15) is 0 Å². The van der Waals surface area contributed by atoms with Crippen LogP contribution in [0.1, 0.15) is 16.8 Å². The van der Waals surface area contributed by atoms with Gasteiger partial charge in [0.2, 0.25) is 0 Å². The Bertz CT molecular complexity index is 855. The first-order valence-corrected chi connectivity index (χ1v) is 9.02. The summed E-state index contributed by atoms with van der Waals surface area (Å²) in [5, 5.41) is 9.13. The maximum Gasteiger partial charge on any atom is 0.133 e. The van der Waals surface area contributed by atoms with Crippen LogP contribution in [-0.2, 0) is 12.8 Å². The molecule has 0 bridgehead atoms. The van der Waals surface area contributed by atoms with Crippen LogP contribution in [0.2, 0.25) is 5.02 Å². The predicted octanol–water partition coefficient (Wildman–Crippen LogP) is 4.69. The molecule has 1 N–H and O–H groups in total. The van der Waals surface area contributed by atoms with Crippen LogP contribution >= 0.6 is 34.2 Å². The van der Waals surface area contributed by atoms with Gasteiger partial charge >= 0.3 is 0 Å². The summed E-state index contributed by atoms with van der Waals surface area (Å²) in [6.45, 7) is 0.965. The second-order valence-electron chi connectivity index (χ2n) is 5.61. The molecule has 5 heteroatoms. The molecule has 0 atom stereocenters. The Morgan fingerprint density at radius 2 is 1.91 bits per heavy atom. The molecule has 4 rings (SSSR count). The molecule has 0 spiro atoms. The first-order chi connectivity index (χ1) is 11.2. The second kappa shape index (κ2) is 6.17. The zero-order valence-corrected chi connectivity index (χ0v) is 15.3. The number of fused-ring (bicyclic) bond motifs is 1. The van der Waals surface area contributed by atoms with Gasteiger partial charge < -0.3 is 5.32 Å². The summed E-state index contributed by atoms with van der Waals surface area (Å²) < 4.78 is 3.24. The number of hydrogen-bond donors (Lipinski definition) is 1. The van der Waals surface area contributed by atoms with Crippen molar-refractivity contribution >= 4 is 40.0 Å². The van der Waals surface area contributed by atoms with E-state index in [2.05, 4.69) is 58.2 Å². The Kier molecular flexibility index (Phi) is 4.03.